The van der Waals surface area contributed by atoms with Gasteiger partial charge >= 0.3 is 0 Å². The van der Waals surface area contributed by atoms with Crippen LogP contribution in [0.25, 0.3) is 0 Å². The van der Waals surface area contributed by atoms with Gasteiger partial charge in [0, 0.05) is 30.7 Å². The van der Waals surface area contributed by atoms with Crippen LogP contribution in [-0.2, 0) is 6.54 Å². The summed E-state index contributed by atoms with van der Waals surface area (Å²) >= 11 is 0. The van der Waals surface area contributed by atoms with Crippen LogP contribution < -0.4 is 10.6 Å². The first-order valence-electron chi connectivity index (χ1n) is 7.27. The van der Waals surface area contributed by atoms with Crippen LogP contribution in [0.5, 0.6) is 0 Å². The van der Waals surface area contributed by atoms with E-state index in [4.69, 9.17) is 5.73 Å². The second-order valence-electron chi connectivity index (χ2n) is 5.69. The number of hydrogen-bond acceptors (Lipinski definition) is 2. The lowest BCUT2D eigenvalue weighted by molar-refractivity contribution is 0.173. The molecule has 1 heterocycles. The normalized spacial score (nSPS) is 17.6. The van der Waals surface area contributed by atoms with Gasteiger partial charge in [0.15, 0.2) is 0 Å². The third-order valence-corrected chi connectivity index (χ3v) is 4.17. The second kappa shape index (κ2) is 5.75. The third kappa shape index (κ3) is 2.54. The van der Waals surface area contributed by atoms with Crippen molar-refractivity contribution in [3.63, 3.8) is 0 Å². The Hall–Kier alpha value is -1.02. The maximum absolute atomic E-state index is 5.83. The molecule has 100 valence electrons. The Kier molecular flexibility index (Phi) is 4.28. The van der Waals surface area contributed by atoms with Gasteiger partial charge in [-0.1, -0.05) is 44.9 Å². The molecule has 1 aromatic rings. The van der Waals surface area contributed by atoms with Gasteiger partial charge < -0.3 is 10.6 Å². The van der Waals surface area contributed by atoms with Gasteiger partial charge in [-0.2, -0.15) is 0 Å². The molecule has 2 rings (SSSR count). The third-order valence-electron chi connectivity index (χ3n) is 4.17. The molecule has 0 radical (unpaired) electrons. The molecule has 1 saturated heterocycles. The molecule has 18 heavy (non-hydrogen) atoms. The molecule has 0 aliphatic carbocycles. The summed E-state index contributed by atoms with van der Waals surface area (Å²) in [5.74, 6) is 0. The van der Waals surface area contributed by atoms with Crippen LogP contribution in [0.3, 0.4) is 0 Å². The maximum Gasteiger partial charge on any atom is 0.0412 e. The molecule has 0 spiro atoms. The van der Waals surface area contributed by atoms with Crippen molar-refractivity contribution in [1.82, 2.24) is 0 Å². The smallest absolute Gasteiger partial charge is 0.0412 e. The van der Waals surface area contributed by atoms with E-state index in [0.717, 1.165) is 0 Å². The monoisotopic (exact) mass is 246 g/mol. The van der Waals surface area contributed by atoms with Gasteiger partial charge in [-0.3, -0.25) is 0 Å². The van der Waals surface area contributed by atoms with Gasteiger partial charge in [0.25, 0.3) is 0 Å². The van der Waals surface area contributed by atoms with Crippen molar-refractivity contribution in [2.45, 2.75) is 46.1 Å². The molecule has 1 fully saturated rings. The molecule has 1 aliphatic rings. The fraction of sp³-hybridized carbons (Fsp3) is 0.625. The van der Waals surface area contributed by atoms with E-state index in [0.29, 0.717) is 12.0 Å². The van der Waals surface area contributed by atoms with Crippen molar-refractivity contribution in [3.05, 3.63) is 29.8 Å². The molecule has 2 heteroatoms. The number of hydrogen-bond donors (Lipinski definition) is 1. The lowest BCUT2D eigenvalue weighted by Crippen LogP contribution is -2.56. The van der Waals surface area contributed by atoms with E-state index < -0.39 is 0 Å². The largest absolute Gasteiger partial charge is 0.370 e. The lowest BCUT2D eigenvalue weighted by atomic mass is 9.72. The fourth-order valence-corrected chi connectivity index (χ4v) is 3.43. The summed E-state index contributed by atoms with van der Waals surface area (Å²) in [4.78, 5) is 2.51. The minimum atomic E-state index is 0.575. The van der Waals surface area contributed by atoms with Crippen molar-refractivity contribution in [1.29, 1.82) is 0 Å². The van der Waals surface area contributed by atoms with Crippen LogP contribution in [0.4, 0.5) is 5.69 Å². The van der Waals surface area contributed by atoms with E-state index in [1.807, 2.05) is 0 Å². The van der Waals surface area contributed by atoms with Gasteiger partial charge in [-0.05, 0) is 24.5 Å². The van der Waals surface area contributed by atoms with Crippen molar-refractivity contribution in [2.75, 3.05) is 18.0 Å². The zero-order valence-corrected chi connectivity index (χ0v) is 11.8. The molecule has 0 amide bonds. The van der Waals surface area contributed by atoms with Crippen LogP contribution >= 0.6 is 0 Å². The average Bonchev–Trinajstić information content (AvgIpc) is 2.35. The summed E-state index contributed by atoms with van der Waals surface area (Å²) in [6, 6.07) is 8.56. The molecular weight excluding hydrogens is 220 g/mol. The number of nitrogens with two attached hydrogens (primary N) is 1. The van der Waals surface area contributed by atoms with E-state index in [-0.39, 0.29) is 0 Å². The maximum atomic E-state index is 5.83. The van der Waals surface area contributed by atoms with Gasteiger partial charge in [-0.25, -0.2) is 0 Å². The van der Waals surface area contributed by atoms with E-state index >= 15 is 0 Å². The average molecular weight is 246 g/mol. The van der Waals surface area contributed by atoms with Crippen molar-refractivity contribution < 1.29 is 0 Å². The molecule has 2 N–H and O–H groups in total. The van der Waals surface area contributed by atoms with Gasteiger partial charge in [0.05, 0.1) is 0 Å². The van der Waals surface area contributed by atoms with Crippen molar-refractivity contribution in [3.8, 4) is 0 Å². The standard InChI is InChI=1S/C16H26N2/c1-3-9-16(10-4-2)12-18(13-16)15-8-6-5-7-14(15)11-17/h5-8H,3-4,9-13,17H2,1-2H3. The SMILES string of the molecule is CCCC1(CCC)CN(c2ccccc2CN)C1. The van der Waals surface area contributed by atoms with Crippen molar-refractivity contribution in [2.24, 2.45) is 11.1 Å². The van der Waals surface area contributed by atoms with Crippen LogP contribution in [0.15, 0.2) is 24.3 Å². The predicted octanol–water partition coefficient (Wildman–Crippen LogP) is 3.55. The molecule has 0 atom stereocenters. The number of rotatable bonds is 6. The fourth-order valence-electron chi connectivity index (χ4n) is 3.43. The summed E-state index contributed by atoms with van der Waals surface area (Å²) < 4.78 is 0. The molecule has 1 aliphatic heterocycles. The molecule has 0 aromatic heterocycles. The van der Waals surface area contributed by atoms with Gasteiger partial charge in [-0.15, -0.1) is 0 Å². The van der Waals surface area contributed by atoms with Gasteiger partial charge in [0.2, 0.25) is 0 Å². The number of nitrogens with zero attached hydrogens (tertiary/aromatic N) is 1. The first-order chi connectivity index (χ1) is 8.74. The number of para-hydroxylation sites is 1. The van der Waals surface area contributed by atoms with E-state index in [2.05, 4.69) is 43.0 Å². The summed E-state index contributed by atoms with van der Waals surface area (Å²) in [5, 5.41) is 0. The lowest BCUT2D eigenvalue weighted by Gasteiger charge is -2.52. The second-order valence-corrected chi connectivity index (χ2v) is 5.69. The quantitative estimate of drug-likeness (QED) is 0.831. The highest BCUT2D eigenvalue weighted by Gasteiger charge is 2.41. The van der Waals surface area contributed by atoms with Crippen LogP contribution in [0.2, 0.25) is 0 Å². The Bertz CT molecular complexity index is 372. The van der Waals surface area contributed by atoms with Crippen LogP contribution in [0, 0.1) is 5.41 Å². The summed E-state index contributed by atoms with van der Waals surface area (Å²) in [7, 11) is 0. The Labute approximate surface area is 111 Å². The summed E-state index contributed by atoms with van der Waals surface area (Å²) in [6.07, 6.45) is 5.32. The highest BCUT2D eigenvalue weighted by molar-refractivity contribution is 5.56. The Morgan fingerprint density at radius 1 is 1.11 bits per heavy atom. The van der Waals surface area contributed by atoms with E-state index in [1.54, 1.807) is 0 Å². The first-order valence-corrected chi connectivity index (χ1v) is 7.27. The Balaban J connectivity index is 2.06. The summed E-state index contributed by atoms with van der Waals surface area (Å²) in [6.45, 7) is 7.67. The minimum absolute atomic E-state index is 0.575. The highest BCUT2D eigenvalue weighted by atomic mass is 15.2. The molecule has 2 nitrogen and oxygen atoms in total. The predicted molar refractivity (Wildman–Crippen MR) is 78.8 cm³/mol. The minimum Gasteiger partial charge on any atom is -0.370 e. The number of anilines is 1. The topological polar surface area (TPSA) is 29.3 Å². The zero-order chi connectivity index (χ0) is 13.0. The molecule has 0 unspecified atom stereocenters. The van der Waals surface area contributed by atoms with Crippen LogP contribution in [-0.4, -0.2) is 13.1 Å². The molecule has 0 bridgehead atoms. The zero-order valence-electron chi connectivity index (χ0n) is 11.8. The molecule has 0 saturated carbocycles. The molecule has 1 aromatic carbocycles. The number of benzene rings is 1. The van der Waals surface area contributed by atoms with Crippen LogP contribution in [0.1, 0.15) is 45.1 Å². The summed E-state index contributed by atoms with van der Waals surface area (Å²) in [5.41, 5.74) is 9.03. The first kappa shape index (κ1) is 13.4. The van der Waals surface area contributed by atoms with Crippen molar-refractivity contribution >= 4 is 5.69 Å². The molecular formula is C16H26N2. The highest BCUT2D eigenvalue weighted by Crippen LogP contribution is 2.42. The van der Waals surface area contributed by atoms with Gasteiger partial charge in [0.1, 0.15) is 0 Å². The Morgan fingerprint density at radius 2 is 1.72 bits per heavy atom. The Morgan fingerprint density at radius 3 is 2.28 bits per heavy atom. The van der Waals surface area contributed by atoms with E-state index in [9.17, 15) is 0 Å². The van der Waals surface area contributed by atoms with E-state index in [1.165, 1.54) is 50.0 Å².